The van der Waals surface area contributed by atoms with Gasteiger partial charge >= 0.3 is 0 Å². The predicted octanol–water partition coefficient (Wildman–Crippen LogP) is 5.20. The first kappa shape index (κ1) is 22.1. The molecular weight excluding hydrogens is 418 g/mol. The van der Waals surface area contributed by atoms with Gasteiger partial charge in [0.15, 0.2) is 6.61 Å². The first-order valence-electron chi connectivity index (χ1n) is 10.6. The van der Waals surface area contributed by atoms with Crippen LogP contribution < -0.4 is 14.8 Å². The average Bonchev–Trinajstić information content (AvgIpc) is 3.31. The van der Waals surface area contributed by atoms with E-state index in [1.54, 1.807) is 7.11 Å². The van der Waals surface area contributed by atoms with E-state index in [0.717, 1.165) is 28.2 Å². The number of anilines is 1. The van der Waals surface area contributed by atoms with Gasteiger partial charge in [0, 0.05) is 17.7 Å². The van der Waals surface area contributed by atoms with E-state index in [9.17, 15) is 4.79 Å². The minimum absolute atomic E-state index is 0.0475. The van der Waals surface area contributed by atoms with Gasteiger partial charge in [-0.3, -0.25) is 4.79 Å². The van der Waals surface area contributed by atoms with Gasteiger partial charge in [0.25, 0.3) is 5.89 Å². The van der Waals surface area contributed by atoms with Crippen LogP contribution in [0, 0.1) is 6.92 Å². The maximum Gasteiger partial charge on any atom is 0.264 e. The van der Waals surface area contributed by atoms with Gasteiger partial charge in [-0.05, 0) is 73.0 Å². The molecule has 0 bridgehead atoms. The lowest BCUT2D eigenvalue weighted by atomic mass is 10.1. The van der Waals surface area contributed by atoms with E-state index >= 15 is 0 Å². The molecule has 7 heteroatoms. The Morgan fingerprint density at radius 2 is 1.79 bits per heavy atom. The molecule has 0 aliphatic carbocycles. The molecule has 1 aromatic heterocycles. The largest absolute Gasteiger partial charge is 0.497 e. The highest BCUT2D eigenvalue weighted by molar-refractivity contribution is 5.91. The molecule has 33 heavy (non-hydrogen) atoms. The first-order chi connectivity index (χ1) is 16.1. The summed E-state index contributed by atoms with van der Waals surface area (Å²) >= 11 is 0. The number of amides is 1. The Labute approximate surface area is 192 Å². The molecule has 7 nitrogen and oxygen atoms in total. The average molecular weight is 444 g/mol. The number of benzene rings is 3. The van der Waals surface area contributed by atoms with Gasteiger partial charge in [0.2, 0.25) is 11.7 Å². The molecule has 0 aliphatic rings. The number of aromatic nitrogens is 2. The van der Waals surface area contributed by atoms with Crippen molar-refractivity contribution in [1.29, 1.82) is 0 Å². The summed E-state index contributed by atoms with van der Waals surface area (Å²) in [5.74, 6) is 2.36. The number of carbonyl (C=O) groups is 1. The van der Waals surface area contributed by atoms with Crippen LogP contribution in [0.25, 0.3) is 11.4 Å². The van der Waals surface area contributed by atoms with Crippen LogP contribution in [-0.4, -0.2) is 23.2 Å². The van der Waals surface area contributed by atoms with Crippen LogP contribution in [0.2, 0.25) is 0 Å². The quantitative estimate of drug-likeness (QED) is 0.382. The second-order valence-corrected chi connectivity index (χ2v) is 7.59. The lowest BCUT2D eigenvalue weighted by Crippen LogP contribution is -2.12. The number of nitrogens with one attached hydrogen (secondary N) is 1. The zero-order valence-corrected chi connectivity index (χ0v) is 18.6. The number of nitrogens with zero attached hydrogens (tertiary/aromatic N) is 2. The minimum Gasteiger partial charge on any atom is -0.497 e. The summed E-state index contributed by atoms with van der Waals surface area (Å²) in [6.45, 7) is 2.20. The smallest absolute Gasteiger partial charge is 0.264 e. The Hall–Kier alpha value is -4.13. The van der Waals surface area contributed by atoms with Crippen molar-refractivity contribution in [2.45, 2.75) is 26.4 Å². The normalized spacial score (nSPS) is 10.6. The van der Waals surface area contributed by atoms with Crippen LogP contribution in [0.5, 0.6) is 11.5 Å². The first-order valence-corrected chi connectivity index (χ1v) is 10.6. The van der Waals surface area contributed by atoms with E-state index in [0.29, 0.717) is 30.2 Å². The van der Waals surface area contributed by atoms with Crippen LogP contribution in [0.15, 0.2) is 77.3 Å². The lowest BCUT2D eigenvalue weighted by Gasteiger charge is -2.06. The van der Waals surface area contributed by atoms with Crippen molar-refractivity contribution in [3.05, 3.63) is 89.8 Å². The van der Waals surface area contributed by atoms with Crippen LogP contribution in [-0.2, 0) is 17.8 Å². The molecule has 0 saturated heterocycles. The zero-order chi connectivity index (χ0) is 23.0. The summed E-state index contributed by atoms with van der Waals surface area (Å²) in [4.78, 5) is 16.7. The van der Waals surface area contributed by atoms with E-state index in [1.807, 2.05) is 79.7 Å². The van der Waals surface area contributed by atoms with Crippen LogP contribution in [0.1, 0.15) is 23.4 Å². The van der Waals surface area contributed by atoms with Gasteiger partial charge < -0.3 is 19.3 Å². The van der Waals surface area contributed by atoms with Crippen molar-refractivity contribution in [2.75, 3.05) is 12.4 Å². The molecule has 1 N–H and O–H groups in total. The molecule has 3 aromatic carbocycles. The van der Waals surface area contributed by atoms with E-state index < -0.39 is 0 Å². The Balaban J connectivity index is 1.28. The summed E-state index contributed by atoms with van der Waals surface area (Å²) < 4.78 is 16.1. The van der Waals surface area contributed by atoms with E-state index in [1.165, 1.54) is 0 Å². The minimum atomic E-state index is -0.0475. The second-order valence-electron chi connectivity index (χ2n) is 7.59. The number of aryl methyl sites for hydroxylation is 2. The fraction of sp³-hybridized carbons (Fsp3) is 0.192. The fourth-order valence-electron chi connectivity index (χ4n) is 3.26. The van der Waals surface area contributed by atoms with Crippen molar-refractivity contribution in [3.8, 4) is 22.9 Å². The van der Waals surface area contributed by atoms with E-state index in [4.69, 9.17) is 14.0 Å². The molecule has 0 atom stereocenters. The Morgan fingerprint density at radius 3 is 2.52 bits per heavy atom. The SMILES string of the molecule is COc1ccc(CCC(=O)Nc2ccc(-c3noc(COc4cccc(C)c4)n3)cc2)cc1. The van der Waals surface area contributed by atoms with Gasteiger partial charge in [-0.25, -0.2) is 0 Å². The number of methoxy groups -OCH3 is 1. The lowest BCUT2D eigenvalue weighted by molar-refractivity contribution is -0.116. The van der Waals surface area contributed by atoms with Gasteiger partial charge in [-0.15, -0.1) is 0 Å². The fourth-order valence-corrected chi connectivity index (χ4v) is 3.26. The Morgan fingerprint density at radius 1 is 1.00 bits per heavy atom. The molecule has 168 valence electrons. The standard InChI is InChI=1S/C26H25N3O4/c1-18-4-3-5-23(16-18)32-17-25-28-26(29-33-25)20-9-11-21(12-10-20)27-24(30)15-8-19-6-13-22(31-2)14-7-19/h3-7,9-14,16H,8,15,17H2,1-2H3,(H,27,30). The van der Waals surface area contributed by atoms with Gasteiger partial charge in [0.1, 0.15) is 11.5 Å². The molecule has 0 unspecified atom stereocenters. The van der Waals surface area contributed by atoms with Crippen LogP contribution in [0.3, 0.4) is 0 Å². The monoisotopic (exact) mass is 443 g/mol. The third kappa shape index (κ3) is 6.20. The molecule has 0 fully saturated rings. The van der Waals surface area contributed by atoms with E-state index in [-0.39, 0.29) is 12.5 Å². The third-order valence-corrected chi connectivity index (χ3v) is 5.05. The number of ether oxygens (including phenoxy) is 2. The summed E-state index contributed by atoms with van der Waals surface area (Å²) in [6, 6.07) is 22.8. The molecule has 0 radical (unpaired) electrons. The molecule has 0 aliphatic heterocycles. The number of hydrogen-bond donors (Lipinski definition) is 1. The van der Waals surface area contributed by atoms with Crippen molar-refractivity contribution in [2.24, 2.45) is 0 Å². The van der Waals surface area contributed by atoms with Crippen molar-refractivity contribution in [3.63, 3.8) is 0 Å². The summed E-state index contributed by atoms with van der Waals surface area (Å²) in [5.41, 5.74) is 3.70. The molecular formula is C26H25N3O4. The van der Waals surface area contributed by atoms with Gasteiger partial charge in [-0.1, -0.05) is 29.4 Å². The number of hydrogen-bond acceptors (Lipinski definition) is 6. The number of rotatable bonds is 9. The number of carbonyl (C=O) groups excluding carboxylic acids is 1. The topological polar surface area (TPSA) is 86.5 Å². The van der Waals surface area contributed by atoms with Crippen molar-refractivity contribution >= 4 is 11.6 Å². The maximum atomic E-state index is 12.3. The predicted molar refractivity (Wildman–Crippen MR) is 125 cm³/mol. The molecule has 0 spiro atoms. The zero-order valence-electron chi connectivity index (χ0n) is 18.6. The summed E-state index contributed by atoms with van der Waals surface area (Å²) in [5, 5.41) is 6.93. The molecule has 4 aromatic rings. The highest BCUT2D eigenvalue weighted by atomic mass is 16.5. The summed E-state index contributed by atoms with van der Waals surface area (Å²) in [7, 11) is 1.63. The van der Waals surface area contributed by atoms with Gasteiger partial charge in [-0.2, -0.15) is 4.98 Å². The molecule has 1 amide bonds. The highest BCUT2D eigenvalue weighted by Crippen LogP contribution is 2.20. The van der Waals surface area contributed by atoms with Gasteiger partial charge in [0.05, 0.1) is 7.11 Å². The van der Waals surface area contributed by atoms with E-state index in [2.05, 4.69) is 15.5 Å². The van der Waals surface area contributed by atoms with Crippen LogP contribution >= 0.6 is 0 Å². The Kier molecular flexibility index (Phi) is 6.99. The third-order valence-electron chi connectivity index (χ3n) is 5.05. The van der Waals surface area contributed by atoms with Crippen molar-refractivity contribution in [1.82, 2.24) is 10.1 Å². The Bertz CT molecular complexity index is 1200. The molecule has 4 rings (SSSR count). The summed E-state index contributed by atoms with van der Waals surface area (Å²) in [6.07, 6.45) is 1.05. The second kappa shape index (κ2) is 10.5. The maximum absolute atomic E-state index is 12.3. The molecule has 1 heterocycles. The molecule has 0 saturated carbocycles. The van der Waals surface area contributed by atoms with Crippen LogP contribution in [0.4, 0.5) is 5.69 Å². The highest BCUT2D eigenvalue weighted by Gasteiger charge is 2.10. The van der Waals surface area contributed by atoms with Crippen molar-refractivity contribution < 1.29 is 18.8 Å².